The van der Waals surface area contributed by atoms with Crippen LogP contribution in [-0.4, -0.2) is 29.9 Å². The standard InChI is InChI=1S/C22H24ClN3O/c1-17(20-10-5-6-11-21(20)23)26(19-12-13-19)16-22(27)25(15-7-14-24)18-8-3-2-4-9-18/h2-6,8-11,17,19H,7,12-13,15-16H2,1H3. The highest BCUT2D eigenvalue weighted by molar-refractivity contribution is 6.31. The fraction of sp³-hybridized carbons (Fsp3) is 0.364. The molecule has 3 rings (SSSR count). The number of hydrogen-bond donors (Lipinski definition) is 0. The van der Waals surface area contributed by atoms with E-state index in [9.17, 15) is 4.79 Å². The molecule has 2 aromatic rings. The number of para-hydroxylation sites is 1. The first kappa shape index (κ1) is 19.4. The Morgan fingerprint density at radius 1 is 1.19 bits per heavy atom. The quantitative estimate of drug-likeness (QED) is 0.659. The SMILES string of the molecule is CC(c1ccccc1Cl)N(CC(=O)N(CCC#N)c1ccccc1)C1CC1. The number of hydrogen-bond acceptors (Lipinski definition) is 3. The largest absolute Gasteiger partial charge is 0.310 e. The molecule has 1 aliphatic rings. The van der Waals surface area contributed by atoms with E-state index in [1.165, 1.54) is 0 Å². The van der Waals surface area contributed by atoms with E-state index in [-0.39, 0.29) is 11.9 Å². The molecule has 27 heavy (non-hydrogen) atoms. The first-order valence-corrected chi connectivity index (χ1v) is 9.72. The predicted molar refractivity (Wildman–Crippen MR) is 109 cm³/mol. The van der Waals surface area contributed by atoms with Crippen LogP contribution in [0.5, 0.6) is 0 Å². The number of carbonyl (C=O) groups is 1. The summed E-state index contributed by atoms with van der Waals surface area (Å²) in [5, 5.41) is 9.71. The van der Waals surface area contributed by atoms with Crippen molar-refractivity contribution >= 4 is 23.2 Å². The molecule has 1 unspecified atom stereocenters. The van der Waals surface area contributed by atoms with Gasteiger partial charge < -0.3 is 4.90 Å². The summed E-state index contributed by atoms with van der Waals surface area (Å²) >= 11 is 6.39. The Morgan fingerprint density at radius 3 is 2.48 bits per heavy atom. The summed E-state index contributed by atoms with van der Waals surface area (Å²) in [4.78, 5) is 17.1. The Balaban J connectivity index is 1.79. The number of anilines is 1. The number of nitriles is 1. The summed E-state index contributed by atoms with van der Waals surface area (Å²) in [7, 11) is 0. The number of nitrogens with zero attached hydrogens (tertiary/aromatic N) is 3. The monoisotopic (exact) mass is 381 g/mol. The van der Waals surface area contributed by atoms with E-state index in [1.807, 2.05) is 54.6 Å². The fourth-order valence-electron chi connectivity index (χ4n) is 3.39. The molecule has 4 nitrogen and oxygen atoms in total. The van der Waals surface area contributed by atoms with E-state index in [0.29, 0.717) is 25.6 Å². The molecule has 0 N–H and O–H groups in total. The van der Waals surface area contributed by atoms with Crippen LogP contribution in [0.4, 0.5) is 5.69 Å². The van der Waals surface area contributed by atoms with Gasteiger partial charge in [0.2, 0.25) is 5.91 Å². The third kappa shape index (κ3) is 4.88. The lowest BCUT2D eigenvalue weighted by Gasteiger charge is -2.32. The van der Waals surface area contributed by atoms with E-state index in [1.54, 1.807) is 4.90 Å². The van der Waals surface area contributed by atoms with E-state index in [2.05, 4.69) is 17.9 Å². The summed E-state index contributed by atoms with van der Waals surface area (Å²) in [6, 6.07) is 20.0. The van der Waals surface area contributed by atoms with Gasteiger partial charge in [0.25, 0.3) is 0 Å². The van der Waals surface area contributed by atoms with Crippen LogP contribution in [0.25, 0.3) is 0 Å². The third-order valence-corrected chi connectivity index (χ3v) is 5.35. The highest BCUT2D eigenvalue weighted by Gasteiger charge is 2.35. The molecule has 0 aromatic heterocycles. The second-order valence-corrected chi connectivity index (χ2v) is 7.30. The molecule has 0 saturated heterocycles. The molecular formula is C22H24ClN3O. The van der Waals surface area contributed by atoms with Crippen LogP contribution in [0.2, 0.25) is 5.02 Å². The van der Waals surface area contributed by atoms with Crippen molar-refractivity contribution in [2.45, 2.75) is 38.3 Å². The van der Waals surface area contributed by atoms with Crippen LogP contribution in [0.3, 0.4) is 0 Å². The van der Waals surface area contributed by atoms with Gasteiger partial charge in [-0.05, 0) is 43.5 Å². The van der Waals surface area contributed by atoms with Crippen molar-refractivity contribution < 1.29 is 4.79 Å². The number of carbonyl (C=O) groups excluding carboxylic acids is 1. The molecule has 0 aliphatic heterocycles. The van der Waals surface area contributed by atoms with Gasteiger partial charge >= 0.3 is 0 Å². The van der Waals surface area contributed by atoms with Gasteiger partial charge in [-0.3, -0.25) is 9.69 Å². The van der Waals surface area contributed by atoms with Crippen molar-refractivity contribution in [1.29, 1.82) is 5.26 Å². The third-order valence-electron chi connectivity index (χ3n) is 5.00. The minimum Gasteiger partial charge on any atom is -0.310 e. The Labute approximate surface area is 166 Å². The van der Waals surface area contributed by atoms with Crippen LogP contribution in [-0.2, 0) is 4.79 Å². The summed E-state index contributed by atoms with van der Waals surface area (Å²) in [5.74, 6) is 0.0160. The normalized spacial score (nSPS) is 14.6. The highest BCUT2D eigenvalue weighted by atomic mass is 35.5. The topological polar surface area (TPSA) is 47.3 Å². The molecule has 1 atom stereocenters. The van der Waals surface area contributed by atoms with Crippen molar-refractivity contribution in [3.63, 3.8) is 0 Å². The van der Waals surface area contributed by atoms with Crippen molar-refractivity contribution in [2.75, 3.05) is 18.0 Å². The van der Waals surface area contributed by atoms with Crippen LogP contribution in [0.15, 0.2) is 54.6 Å². The molecule has 0 radical (unpaired) electrons. The van der Waals surface area contributed by atoms with Crippen molar-refractivity contribution in [2.24, 2.45) is 0 Å². The molecule has 5 heteroatoms. The van der Waals surface area contributed by atoms with Crippen LogP contribution in [0.1, 0.15) is 37.8 Å². The molecule has 1 fully saturated rings. The number of benzene rings is 2. The van der Waals surface area contributed by atoms with Gasteiger partial charge in [-0.15, -0.1) is 0 Å². The van der Waals surface area contributed by atoms with Crippen molar-refractivity contribution in [3.8, 4) is 6.07 Å². The van der Waals surface area contributed by atoms with Gasteiger partial charge in [0.05, 0.1) is 19.0 Å². The smallest absolute Gasteiger partial charge is 0.241 e. The van der Waals surface area contributed by atoms with Crippen molar-refractivity contribution in [3.05, 3.63) is 65.2 Å². The molecule has 140 valence electrons. The summed E-state index contributed by atoms with van der Waals surface area (Å²) in [6.07, 6.45) is 2.52. The van der Waals surface area contributed by atoms with Gasteiger partial charge in [0.15, 0.2) is 0 Å². The Hall–Kier alpha value is -2.35. The summed E-state index contributed by atoms with van der Waals surface area (Å²) < 4.78 is 0. The zero-order valence-corrected chi connectivity index (χ0v) is 16.3. The number of rotatable bonds is 8. The molecule has 1 aliphatic carbocycles. The van der Waals surface area contributed by atoms with Crippen LogP contribution in [0, 0.1) is 11.3 Å². The minimum absolute atomic E-state index is 0.0160. The summed E-state index contributed by atoms with van der Waals surface area (Å²) in [5.41, 5.74) is 1.88. The average molecular weight is 382 g/mol. The minimum atomic E-state index is 0.0160. The molecule has 0 spiro atoms. The highest BCUT2D eigenvalue weighted by Crippen LogP contribution is 2.36. The van der Waals surface area contributed by atoms with Crippen LogP contribution < -0.4 is 4.90 Å². The van der Waals surface area contributed by atoms with Gasteiger partial charge in [0.1, 0.15) is 0 Å². The Bertz CT molecular complexity index is 814. The lowest BCUT2D eigenvalue weighted by atomic mass is 10.1. The molecule has 1 saturated carbocycles. The van der Waals surface area contributed by atoms with Gasteiger partial charge in [0, 0.05) is 29.3 Å². The lowest BCUT2D eigenvalue weighted by molar-refractivity contribution is -0.120. The predicted octanol–water partition coefficient (Wildman–Crippen LogP) is 4.81. The zero-order valence-electron chi connectivity index (χ0n) is 15.5. The van der Waals surface area contributed by atoms with E-state index >= 15 is 0 Å². The maximum Gasteiger partial charge on any atom is 0.241 e. The van der Waals surface area contributed by atoms with Crippen molar-refractivity contribution in [1.82, 2.24) is 4.90 Å². The second kappa shape index (κ2) is 9.03. The fourth-order valence-corrected chi connectivity index (χ4v) is 3.68. The van der Waals surface area contributed by atoms with E-state index in [0.717, 1.165) is 29.1 Å². The van der Waals surface area contributed by atoms with Gasteiger partial charge in [-0.25, -0.2) is 0 Å². The first-order valence-electron chi connectivity index (χ1n) is 9.34. The summed E-state index contributed by atoms with van der Waals surface area (Å²) in [6.45, 7) is 2.82. The maximum atomic E-state index is 13.2. The molecule has 0 bridgehead atoms. The van der Waals surface area contributed by atoms with E-state index in [4.69, 9.17) is 16.9 Å². The first-order chi connectivity index (χ1) is 13.1. The molecule has 2 aromatic carbocycles. The molecular weight excluding hydrogens is 358 g/mol. The lowest BCUT2D eigenvalue weighted by Crippen LogP contribution is -2.43. The Kier molecular flexibility index (Phi) is 6.49. The Morgan fingerprint density at radius 2 is 1.85 bits per heavy atom. The van der Waals surface area contributed by atoms with E-state index < -0.39 is 0 Å². The van der Waals surface area contributed by atoms with Gasteiger partial charge in [-0.1, -0.05) is 48.0 Å². The zero-order chi connectivity index (χ0) is 19.2. The molecule has 1 amide bonds. The number of amides is 1. The molecule has 0 heterocycles. The average Bonchev–Trinajstić information content (AvgIpc) is 3.52. The second-order valence-electron chi connectivity index (χ2n) is 6.89. The number of halogens is 1. The van der Waals surface area contributed by atoms with Gasteiger partial charge in [-0.2, -0.15) is 5.26 Å². The van der Waals surface area contributed by atoms with Crippen LogP contribution >= 0.6 is 11.6 Å². The maximum absolute atomic E-state index is 13.2.